The minimum absolute atomic E-state index is 0.0315. The number of hydrogen-bond acceptors (Lipinski definition) is 2. The van der Waals surface area contributed by atoms with Gasteiger partial charge in [-0.05, 0) is 13.0 Å². The van der Waals surface area contributed by atoms with Crippen molar-refractivity contribution >= 4 is 5.91 Å². The first-order valence-electron chi connectivity index (χ1n) is 5.46. The van der Waals surface area contributed by atoms with Crippen molar-refractivity contribution < 1.29 is 18.0 Å². The zero-order chi connectivity index (χ0) is 12.6. The molecule has 0 atom stereocenters. The van der Waals surface area contributed by atoms with Gasteiger partial charge in [-0.15, -0.1) is 0 Å². The van der Waals surface area contributed by atoms with Crippen molar-refractivity contribution in [2.45, 2.75) is 32.9 Å². The lowest BCUT2D eigenvalue weighted by atomic mass is 10.3. The lowest BCUT2D eigenvalue weighted by Crippen LogP contribution is -2.43. The minimum atomic E-state index is -4.32. The molecule has 0 aromatic rings. The maximum atomic E-state index is 12.2. The average Bonchev–Trinajstić information content (AvgIpc) is 2.19. The van der Waals surface area contributed by atoms with Crippen LogP contribution in [0.5, 0.6) is 0 Å². The number of nitrogens with zero attached hydrogens (tertiary/aromatic N) is 1. The molecule has 1 N–H and O–H groups in total. The smallest absolute Gasteiger partial charge is 0.332 e. The number of unbranched alkanes of at least 4 members (excludes halogenated alkanes) is 1. The van der Waals surface area contributed by atoms with Crippen LogP contribution in [-0.2, 0) is 4.79 Å². The molecule has 0 aromatic carbocycles. The van der Waals surface area contributed by atoms with Crippen LogP contribution in [0.1, 0.15) is 26.7 Å². The summed E-state index contributed by atoms with van der Waals surface area (Å²) in [5.74, 6) is -0.493. The number of likely N-dealkylation sites (N-methyl/N-ethyl adjacent to an activating group) is 1. The molecule has 0 unspecified atom stereocenters. The first kappa shape index (κ1) is 15.2. The third kappa shape index (κ3) is 7.50. The minimum Gasteiger partial charge on any atom is -0.332 e. The lowest BCUT2D eigenvalue weighted by molar-refractivity contribution is -0.160. The monoisotopic (exact) mass is 240 g/mol. The predicted octanol–water partition coefficient (Wildman–Crippen LogP) is 1.79. The molecule has 1 amide bonds. The Hall–Kier alpha value is -0.780. The largest absolute Gasteiger partial charge is 0.406 e. The van der Waals surface area contributed by atoms with Crippen LogP contribution < -0.4 is 5.32 Å². The van der Waals surface area contributed by atoms with Gasteiger partial charge in [0, 0.05) is 6.54 Å². The van der Waals surface area contributed by atoms with Crippen LogP contribution in [0.25, 0.3) is 0 Å². The van der Waals surface area contributed by atoms with Crippen LogP contribution in [0, 0.1) is 0 Å². The van der Waals surface area contributed by atoms with Gasteiger partial charge in [-0.1, -0.05) is 20.3 Å². The molecule has 0 rings (SSSR count). The normalized spacial score (nSPS) is 11.6. The van der Waals surface area contributed by atoms with Gasteiger partial charge >= 0.3 is 6.18 Å². The molecule has 0 radical (unpaired) electrons. The molecule has 0 saturated heterocycles. The van der Waals surface area contributed by atoms with Crippen LogP contribution in [0.3, 0.4) is 0 Å². The zero-order valence-corrected chi connectivity index (χ0v) is 9.73. The van der Waals surface area contributed by atoms with Gasteiger partial charge in [0.05, 0.1) is 6.54 Å². The second-order valence-corrected chi connectivity index (χ2v) is 3.56. The summed E-state index contributed by atoms with van der Waals surface area (Å²) >= 11 is 0. The first-order valence-corrected chi connectivity index (χ1v) is 5.46. The SMILES string of the molecule is CCCCN(CC(F)(F)F)C(=O)CNCC. The van der Waals surface area contributed by atoms with Gasteiger partial charge in [-0.25, -0.2) is 0 Å². The van der Waals surface area contributed by atoms with Crippen LogP contribution in [0.2, 0.25) is 0 Å². The van der Waals surface area contributed by atoms with Crippen molar-refractivity contribution in [2.24, 2.45) is 0 Å². The Kier molecular flexibility index (Phi) is 7.12. The van der Waals surface area contributed by atoms with Crippen molar-refractivity contribution in [1.29, 1.82) is 0 Å². The first-order chi connectivity index (χ1) is 7.40. The Labute approximate surface area is 94.0 Å². The summed E-state index contributed by atoms with van der Waals surface area (Å²) in [4.78, 5) is 12.3. The van der Waals surface area contributed by atoms with E-state index < -0.39 is 18.6 Å². The molecule has 0 spiro atoms. The van der Waals surface area contributed by atoms with E-state index >= 15 is 0 Å². The molecule has 0 saturated carbocycles. The highest BCUT2D eigenvalue weighted by molar-refractivity contribution is 5.78. The van der Waals surface area contributed by atoms with E-state index in [0.29, 0.717) is 13.0 Å². The number of carbonyl (C=O) groups is 1. The molecule has 96 valence electrons. The topological polar surface area (TPSA) is 32.3 Å². The molecule has 0 fully saturated rings. The number of alkyl halides is 3. The summed E-state index contributed by atoms with van der Waals surface area (Å²) in [7, 11) is 0. The van der Waals surface area contributed by atoms with Crippen molar-refractivity contribution in [2.75, 3.05) is 26.2 Å². The Balaban J connectivity index is 4.23. The molecular weight excluding hydrogens is 221 g/mol. The summed E-state index contributed by atoms with van der Waals surface area (Å²) in [5.41, 5.74) is 0. The van der Waals surface area contributed by atoms with Crippen molar-refractivity contribution in [3.05, 3.63) is 0 Å². The van der Waals surface area contributed by atoms with Gasteiger partial charge in [0.2, 0.25) is 5.91 Å². The van der Waals surface area contributed by atoms with Crippen LogP contribution in [0.4, 0.5) is 13.2 Å². The second kappa shape index (κ2) is 7.49. The van der Waals surface area contributed by atoms with Gasteiger partial charge in [0.1, 0.15) is 6.54 Å². The number of nitrogens with one attached hydrogen (secondary N) is 1. The number of rotatable bonds is 7. The maximum Gasteiger partial charge on any atom is 0.406 e. The van der Waals surface area contributed by atoms with Gasteiger partial charge in [0.15, 0.2) is 0 Å². The highest BCUT2D eigenvalue weighted by Crippen LogP contribution is 2.16. The molecule has 0 aliphatic carbocycles. The molecule has 0 heterocycles. The van der Waals surface area contributed by atoms with E-state index in [-0.39, 0.29) is 13.1 Å². The third-order valence-corrected chi connectivity index (χ3v) is 2.03. The fraction of sp³-hybridized carbons (Fsp3) is 0.900. The van der Waals surface area contributed by atoms with Crippen molar-refractivity contribution in [3.63, 3.8) is 0 Å². The molecule has 16 heavy (non-hydrogen) atoms. The quantitative estimate of drug-likeness (QED) is 0.735. The van der Waals surface area contributed by atoms with E-state index in [2.05, 4.69) is 5.32 Å². The number of halogens is 3. The van der Waals surface area contributed by atoms with E-state index in [1.165, 1.54) is 0 Å². The molecule has 3 nitrogen and oxygen atoms in total. The lowest BCUT2D eigenvalue weighted by Gasteiger charge is -2.23. The molecular formula is C10H19F3N2O. The Bertz CT molecular complexity index is 207. The molecule has 0 bridgehead atoms. The van der Waals surface area contributed by atoms with Crippen molar-refractivity contribution in [1.82, 2.24) is 10.2 Å². The van der Waals surface area contributed by atoms with Gasteiger partial charge in [0.25, 0.3) is 0 Å². The van der Waals surface area contributed by atoms with E-state index in [1.54, 1.807) is 6.92 Å². The summed E-state index contributed by atoms with van der Waals surface area (Å²) < 4.78 is 36.6. The average molecular weight is 240 g/mol. The number of amides is 1. The summed E-state index contributed by atoms with van der Waals surface area (Å²) in [6.07, 6.45) is -2.97. The second-order valence-electron chi connectivity index (χ2n) is 3.56. The van der Waals surface area contributed by atoms with Gasteiger partial charge in [-0.3, -0.25) is 4.79 Å². The molecule has 0 aliphatic heterocycles. The fourth-order valence-corrected chi connectivity index (χ4v) is 1.20. The summed E-state index contributed by atoms with van der Waals surface area (Å²) in [6, 6.07) is 0. The highest BCUT2D eigenvalue weighted by atomic mass is 19.4. The molecule has 0 aromatic heterocycles. The highest BCUT2D eigenvalue weighted by Gasteiger charge is 2.32. The Morgan fingerprint density at radius 3 is 2.38 bits per heavy atom. The Morgan fingerprint density at radius 2 is 1.94 bits per heavy atom. The standard InChI is InChI=1S/C10H19F3N2O/c1-3-5-6-15(8-10(11,12)13)9(16)7-14-4-2/h14H,3-8H2,1-2H3. The third-order valence-electron chi connectivity index (χ3n) is 2.03. The van der Waals surface area contributed by atoms with Crippen LogP contribution in [0.15, 0.2) is 0 Å². The predicted molar refractivity (Wildman–Crippen MR) is 56.1 cm³/mol. The fourth-order valence-electron chi connectivity index (χ4n) is 1.20. The van der Waals surface area contributed by atoms with E-state index in [0.717, 1.165) is 11.3 Å². The molecule has 6 heteroatoms. The van der Waals surface area contributed by atoms with E-state index in [1.807, 2.05) is 6.92 Å². The van der Waals surface area contributed by atoms with Crippen molar-refractivity contribution in [3.8, 4) is 0 Å². The van der Waals surface area contributed by atoms with Crippen LogP contribution in [-0.4, -0.2) is 43.2 Å². The molecule has 0 aliphatic rings. The van der Waals surface area contributed by atoms with E-state index in [9.17, 15) is 18.0 Å². The summed E-state index contributed by atoms with van der Waals surface area (Å²) in [5, 5.41) is 2.73. The summed E-state index contributed by atoms with van der Waals surface area (Å²) in [6.45, 7) is 3.22. The number of hydrogen-bond donors (Lipinski definition) is 1. The zero-order valence-electron chi connectivity index (χ0n) is 9.73. The Morgan fingerprint density at radius 1 is 1.31 bits per heavy atom. The number of carbonyl (C=O) groups excluding carboxylic acids is 1. The van der Waals surface area contributed by atoms with E-state index in [4.69, 9.17) is 0 Å². The van der Waals surface area contributed by atoms with Gasteiger partial charge < -0.3 is 10.2 Å². The maximum absolute atomic E-state index is 12.2. The van der Waals surface area contributed by atoms with Crippen LogP contribution >= 0.6 is 0 Å². The van der Waals surface area contributed by atoms with Gasteiger partial charge in [-0.2, -0.15) is 13.2 Å².